The fourth-order valence-corrected chi connectivity index (χ4v) is 2.61. The Morgan fingerprint density at radius 1 is 1.14 bits per heavy atom. The minimum absolute atomic E-state index is 0.286. The van der Waals surface area contributed by atoms with Gasteiger partial charge < -0.3 is 14.4 Å². The van der Waals surface area contributed by atoms with Crippen LogP contribution in [0.2, 0.25) is 5.02 Å². The van der Waals surface area contributed by atoms with Crippen molar-refractivity contribution in [3.63, 3.8) is 0 Å². The second-order valence-corrected chi connectivity index (χ2v) is 5.29. The Bertz CT molecular complexity index is 762. The molecule has 0 spiro atoms. The fraction of sp³-hybridized carbons (Fsp3) is 0.176. The normalized spacial score (nSPS) is 11.0. The van der Waals surface area contributed by atoms with E-state index in [0.29, 0.717) is 11.6 Å². The fourth-order valence-electron chi connectivity index (χ4n) is 2.48. The molecule has 0 saturated carbocycles. The van der Waals surface area contributed by atoms with Gasteiger partial charge in [0.05, 0.1) is 5.52 Å². The average molecular weight is 302 g/mol. The molecule has 0 amide bonds. The van der Waals surface area contributed by atoms with Crippen molar-refractivity contribution in [2.75, 3.05) is 0 Å². The van der Waals surface area contributed by atoms with Gasteiger partial charge in [-0.3, -0.25) is 0 Å². The summed E-state index contributed by atoms with van der Waals surface area (Å²) >= 11 is 5.86. The quantitative estimate of drug-likeness (QED) is 0.764. The molecule has 21 heavy (non-hydrogen) atoms. The van der Waals surface area contributed by atoms with Crippen molar-refractivity contribution in [3.8, 4) is 11.5 Å². The number of phenolic OH excluding ortho intramolecular Hbond substituents is 1. The molecule has 108 valence electrons. The van der Waals surface area contributed by atoms with Crippen LogP contribution in [-0.2, 0) is 13.2 Å². The standard InChI is InChI=1S/C17H16ClNO2/c1-2-19-10-12(17-15(19)4-3-5-16(17)20)11-21-14-8-6-13(18)7-9-14/h3-10,20H,2,11H2,1H3. The van der Waals surface area contributed by atoms with E-state index >= 15 is 0 Å². The molecule has 3 rings (SSSR count). The zero-order valence-electron chi connectivity index (χ0n) is 11.7. The molecule has 1 aromatic heterocycles. The van der Waals surface area contributed by atoms with Gasteiger partial charge in [0, 0.05) is 28.7 Å². The first-order chi connectivity index (χ1) is 10.2. The topological polar surface area (TPSA) is 34.4 Å². The number of benzene rings is 2. The number of hydrogen-bond donors (Lipinski definition) is 1. The minimum atomic E-state index is 0.286. The number of aryl methyl sites for hydroxylation is 1. The summed E-state index contributed by atoms with van der Waals surface area (Å²) in [6, 6.07) is 12.8. The van der Waals surface area contributed by atoms with Crippen molar-refractivity contribution in [3.05, 3.63) is 59.2 Å². The Morgan fingerprint density at radius 3 is 2.62 bits per heavy atom. The Kier molecular flexibility index (Phi) is 3.76. The van der Waals surface area contributed by atoms with Crippen molar-refractivity contribution in [1.82, 2.24) is 4.57 Å². The van der Waals surface area contributed by atoms with E-state index in [1.165, 1.54) is 0 Å². The van der Waals surface area contributed by atoms with E-state index in [-0.39, 0.29) is 5.75 Å². The number of rotatable bonds is 4. The van der Waals surface area contributed by atoms with Crippen LogP contribution in [0.1, 0.15) is 12.5 Å². The van der Waals surface area contributed by atoms with Crippen LogP contribution in [0.4, 0.5) is 0 Å². The number of nitrogens with zero attached hydrogens (tertiary/aromatic N) is 1. The van der Waals surface area contributed by atoms with Gasteiger partial charge in [-0.25, -0.2) is 0 Å². The van der Waals surface area contributed by atoms with Gasteiger partial charge in [-0.05, 0) is 43.3 Å². The lowest BCUT2D eigenvalue weighted by Crippen LogP contribution is -1.95. The van der Waals surface area contributed by atoms with Gasteiger partial charge in [0.25, 0.3) is 0 Å². The first kappa shape index (κ1) is 13.8. The third-order valence-electron chi connectivity index (χ3n) is 3.51. The van der Waals surface area contributed by atoms with Gasteiger partial charge in [-0.15, -0.1) is 0 Å². The van der Waals surface area contributed by atoms with Crippen LogP contribution in [0, 0.1) is 0 Å². The zero-order chi connectivity index (χ0) is 14.8. The molecule has 0 unspecified atom stereocenters. The largest absolute Gasteiger partial charge is 0.507 e. The predicted molar refractivity (Wildman–Crippen MR) is 85.1 cm³/mol. The van der Waals surface area contributed by atoms with Gasteiger partial charge in [0.15, 0.2) is 0 Å². The summed E-state index contributed by atoms with van der Waals surface area (Å²) in [6.45, 7) is 3.33. The second-order valence-electron chi connectivity index (χ2n) is 4.85. The SMILES string of the molecule is CCn1cc(COc2ccc(Cl)cc2)c2c(O)cccc21. The van der Waals surface area contributed by atoms with E-state index < -0.39 is 0 Å². The highest BCUT2D eigenvalue weighted by Gasteiger charge is 2.11. The smallest absolute Gasteiger partial charge is 0.125 e. The van der Waals surface area contributed by atoms with E-state index in [1.807, 2.05) is 30.5 Å². The van der Waals surface area contributed by atoms with Crippen LogP contribution in [-0.4, -0.2) is 9.67 Å². The lowest BCUT2D eigenvalue weighted by Gasteiger charge is -2.06. The lowest BCUT2D eigenvalue weighted by atomic mass is 10.1. The van der Waals surface area contributed by atoms with Gasteiger partial charge in [-0.1, -0.05) is 17.7 Å². The van der Waals surface area contributed by atoms with E-state index in [9.17, 15) is 5.11 Å². The van der Waals surface area contributed by atoms with Gasteiger partial charge in [0.1, 0.15) is 18.1 Å². The van der Waals surface area contributed by atoms with Crippen molar-refractivity contribution in [2.45, 2.75) is 20.1 Å². The van der Waals surface area contributed by atoms with Crippen molar-refractivity contribution in [2.24, 2.45) is 0 Å². The highest BCUT2D eigenvalue weighted by atomic mass is 35.5. The summed E-state index contributed by atoms with van der Waals surface area (Å²) in [5.74, 6) is 1.04. The van der Waals surface area contributed by atoms with Crippen LogP contribution in [0.5, 0.6) is 11.5 Å². The van der Waals surface area contributed by atoms with Gasteiger partial charge >= 0.3 is 0 Å². The van der Waals surface area contributed by atoms with E-state index in [2.05, 4.69) is 11.5 Å². The highest BCUT2D eigenvalue weighted by Crippen LogP contribution is 2.30. The Morgan fingerprint density at radius 2 is 1.90 bits per heavy atom. The van der Waals surface area contributed by atoms with E-state index in [1.54, 1.807) is 18.2 Å². The molecule has 0 radical (unpaired) electrons. The molecule has 2 aromatic carbocycles. The summed E-state index contributed by atoms with van der Waals surface area (Å²) < 4.78 is 7.89. The zero-order valence-corrected chi connectivity index (χ0v) is 12.5. The number of fused-ring (bicyclic) bond motifs is 1. The molecule has 0 aliphatic heterocycles. The van der Waals surface area contributed by atoms with E-state index in [4.69, 9.17) is 16.3 Å². The van der Waals surface area contributed by atoms with Gasteiger partial charge in [0.2, 0.25) is 0 Å². The number of aromatic hydroxyl groups is 1. The summed E-state index contributed by atoms with van der Waals surface area (Å²) in [6.07, 6.45) is 2.03. The summed E-state index contributed by atoms with van der Waals surface area (Å²) in [5.41, 5.74) is 1.99. The molecule has 0 aliphatic rings. The molecule has 0 saturated heterocycles. The summed E-state index contributed by atoms with van der Waals surface area (Å²) in [7, 11) is 0. The third-order valence-corrected chi connectivity index (χ3v) is 3.76. The maximum atomic E-state index is 10.1. The molecule has 4 heteroatoms. The molecule has 0 atom stereocenters. The highest BCUT2D eigenvalue weighted by molar-refractivity contribution is 6.30. The maximum Gasteiger partial charge on any atom is 0.125 e. The van der Waals surface area contributed by atoms with Crippen LogP contribution in [0.15, 0.2) is 48.7 Å². The Labute approximate surface area is 128 Å². The van der Waals surface area contributed by atoms with Gasteiger partial charge in [-0.2, -0.15) is 0 Å². The molecular weight excluding hydrogens is 286 g/mol. The summed E-state index contributed by atoms with van der Waals surface area (Å²) in [4.78, 5) is 0. The molecule has 3 nitrogen and oxygen atoms in total. The first-order valence-corrected chi connectivity index (χ1v) is 7.25. The lowest BCUT2D eigenvalue weighted by molar-refractivity contribution is 0.307. The molecule has 0 aliphatic carbocycles. The molecule has 1 heterocycles. The number of ether oxygens (including phenoxy) is 1. The van der Waals surface area contributed by atoms with Crippen LogP contribution in [0.3, 0.4) is 0 Å². The maximum absolute atomic E-state index is 10.1. The summed E-state index contributed by atoms with van der Waals surface area (Å²) in [5, 5.41) is 11.6. The van der Waals surface area contributed by atoms with Crippen LogP contribution >= 0.6 is 11.6 Å². The second kappa shape index (κ2) is 5.70. The molecular formula is C17H16ClNO2. The van der Waals surface area contributed by atoms with Crippen molar-refractivity contribution in [1.29, 1.82) is 0 Å². The molecule has 3 aromatic rings. The minimum Gasteiger partial charge on any atom is -0.507 e. The molecule has 0 bridgehead atoms. The van der Waals surface area contributed by atoms with Crippen molar-refractivity contribution < 1.29 is 9.84 Å². The Hall–Kier alpha value is -2.13. The molecule has 1 N–H and O–H groups in total. The number of hydrogen-bond acceptors (Lipinski definition) is 2. The van der Waals surface area contributed by atoms with Crippen LogP contribution in [0.25, 0.3) is 10.9 Å². The number of halogens is 1. The number of phenols is 1. The van der Waals surface area contributed by atoms with E-state index in [0.717, 1.165) is 28.8 Å². The monoisotopic (exact) mass is 301 g/mol. The average Bonchev–Trinajstić information content (AvgIpc) is 2.86. The van der Waals surface area contributed by atoms with Crippen LogP contribution < -0.4 is 4.74 Å². The predicted octanol–water partition coefficient (Wildman–Crippen LogP) is 4.60. The van der Waals surface area contributed by atoms with Crippen molar-refractivity contribution >= 4 is 22.5 Å². The Balaban J connectivity index is 1.91. The first-order valence-electron chi connectivity index (χ1n) is 6.87. The molecule has 0 fully saturated rings. The third kappa shape index (κ3) is 2.69. The number of aromatic nitrogens is 1.